The lowest BCUT2D eigenvalue weighted by molar-refractivity contribution is -0.140. The number of nitrogens with one attached hydrogen (secondary N) is 1. The predicted octanol–water partition coefficient (Wildman–Crippen LogP) is 4.73. The SMILES string of the molecule is CCCCNC(=O)C(C)N(Cc1ccc(Br)cc1)C(=O)CCCN(c1ccc(OCC)cc1)S(C)(=O)=O. The molecule has 10 heteroatoms. The number of nitrogens with zero attached hydrogens (tertiary/aromatic N) is 2. The average Bonchev–Trinajstić information content (AvgIpc) is 2.86. The van der Waals surface area contributed by atoms with Crippen LogP contribution in [0.15, 0.2) is 53.0 Å². The molecule has 0 radical (unpaired) electrons. The van der Waals surface area contributed by atoms with E-state index in [1.54, 1.807) is 36.1 Å². The summed E-state index contributed by atoms with van der Waals surface area (Å²) in [7, 11) is -3.56. The van der Waals surface area contributed by atoms with Crippen LogP contribution in [0.3, 0.4) is 0 Å². The molecule has 8 nitrogen and oxygen atoms in total. The van der Waals surface area contributed by atoms with Gasteiger partial charge in [0.1, 0.15) is 11.8 Å². The van der Waals surface area contributed by atoms with Crippen molar-refractivity contribution in [3.63, 3.8) is 0 Å². The van der Waals surface area contributed by atoms with Crippen LogP contribution in [-0.4, -0.2) is 57.1 Å². The van der Waals surface area contributed by atoms with Crippen LogP contribution < -0.4 is 14.4 Å². The molecule has 0 heterocycles. The fourth-order valence-corrected chi connectivity index (χ4v) is 5.01. The number of anilines is 1. The van der Waals surface area contributed by atoms with Crippen LogP contribution in [0, 0.1) is 0 Å². The average molecular weight is 597 g/mol. The minimum atomic E-state index is -3.56. The largest absolute Gasteiger partial charge is 0.494 e. The Labute approximate surface area is 229 Å². The van der Waals surface area contributed by atoms with Crippen molar-refractivity contribution >= 4 is 43.5 Å². The van der Waals surface area contributed by atoms with Gasteiger partial charge in [0.05, 0.1) is 18.6 Å². The van der Waals surface area contributed by atoms with Crippen LogP contribution in [0.2, 0.25) is 0 Å². The first-order valence-corrected chi connectivity index (χ1v) is 15.2. The normalized spacial score (nSPS) is 12.0. The van der Waals surface area contributed by atoms with Crippen LogP contribution in [0.5, 0.6) is 5.75 Å². The summed E-state index contributed by atoms with van der Waals surface area (Å²) in [5.41, 5.74) is 1.41. The zero-order valence-electron chi connectivity index (χ0n) is 22.1. The molecule has 2 amide bonds. The topological polar surface area (TPSA) is 96.0 Å². The molecular weight excluding hydrogens is 558 g/mol. The number of hydrogen-bond acceptors (Lipinski definition) is 5. The lowest BCUT2D eigenvalue weighted by Crippen LogP contribution is -2.47. The predicted molar refractivity (Wildman–Crippen MR) is 151 cm³/mol. The number of carbonyl (C=O) groups excluding carboxylic acids is 2. The van der Waals surface area contributed by atoms with E-state index in [2.05, 4.69) is 21.2 Å². The monoisotopic (exact) mass is 595 g/mol. The second-order valence-electron chi connectivity index (χ2n) is 8.83. The summed E-state index contributed by atoms with van der Waals surface area (Å²) in [4.78, 5) is 27.7. The molecule has 0 bridgehead atoms. The second-order valence-corrected chi connectivity index (χ2v) is 11.7. The summed E-state index contributed by atoms with van der Waals surface area (Å²) >= 11 is 3.42. The second kappa shape index (κ2) is 15.0. The molecule has 37 heavy (non-hydrogen) atoms. The summed E-state index contributed by atoms with van der Waals surface area (Å²) in [6.45, 7) is 7.15. The highest BCUT2D eigenvalue weighted by molar-refractivity contribution is 9.10. The van der Waals surface area contributed by atoms with Crippen LogP contribution >= 0.6 is 15.9 Å². The van der Waals surface area contributed by atoms with Gasteiger partial charge in [-0.2, -0.15) is 0 Å². The van der Waals surface area contributed by atoms with Gasteiger partial charge in [-0.05, 0) is 68.7 Å². The van der Waals surface area contributed by atoms with Crippen molar-refractivity contribution in [2.45, 2.75) is 59.0 Å². The molecule has 2 aromatic carbocycles. The van der Waals surface area contributed by atoms with Gasteiger partial charge in [0, 0.05) is 30.5 Å². The minimum absolute atomic E-state index is 0.103. The van der Waals surface area contributed by atoms with Crippen molar-refractivity contribution in [2.75, 3.05) is 30.3 Å². The molecule has 1 unspecified atom stereocenters. The highest BCUT2D eigenvalue weighted by Crippen LogP contribution is 2.23. The lowest BCUT2D eigenvalue weighted by atomic mass is 10.1. The van der Waals surface area contributed by atoms with E-state index in [0.29, 0.717) is 31.0 Å². The third-order valence-corrected chi connectivity index (χ3v) is 7.57. The van der Waals surface area contributed by atoms with Crippen LogP contribution in [0.25, 0.3) is 0 Å². The van der Waals surface area contributed by atoms with Crippen molar-refractivity contribution in [2.24, 2.45) is 0 Å². The number of unbranched alkanes of at least 4 members (excludes halogenated alkanes) is 1. The molecule has 0 aliphatic heterocycles. The summed E-state index contributed by atoms with van der Waals surface area (Å²) in [6.07, 6.45) is 3.38. The molecule has 0 aromatic heterocycles. The Morgan fingerprint density at radius 2 is 1.68 bits per heavy atom. The van der Waals surface area contributed by atoms with E-state index < -0.39 is 16.1 Å². The number of halogens is 1. The molecule has 0 aliphatic rings. The van der Waals surface area contributed by atoms with Gasteiger partial charge < -0.3 is 15.0 Å². The van der Waals surface area contributed by atoms with Gasteiger partial charge in [0.25, 0.3) is 0 Å². The molecule has 204 valence electrons. The first-order chi connectivity index (χ1) is 17.6. The molecule has 0 fully saturated rings. The summed E-state index contributed by atoms with van der Waals surface area (Å²) in [5, 5.41) is 2.90. The molecule has 1 atom stereocenters. The summed E-state index contributed by atoms with van der Waals surface area (Å²) < 4.78 is 32.6. The van der Waals surface area contributed by atoms with Gasteiger partial charge in [0.2, 0.25) is 21.8 Å². The maximum absolute atomic E-state index is 13.3. The molecule has 2 rings (SSSR count). The fraction of sp³-hybridized carbons (Fsp3) is 0.481. The highest BCUT2D eigenvalue weighted by Gasteiger charge is 2.26. The lowest BCUT2D eigenvalue weighted by Gasteiger charge is -2.29. The van der Waals surface area contributed by atoms with Crippen molar-refractivity contribution in [3.8, 4) is 5.75 Å². The highest BCUT2D eigenvalue weighted by atomic mass is 79.9. The Kier molecular flexibility index (Phi) is 12.4. The number of amides is 2. The van der Waals surface area contributed by atoms with E-state index in [4.69, 9.17) is 4.74 Å². The van der Waals surface area contributed by atoms with Gasteiger partial charge in [-0.3, -0.25) is 13.9 Å². The van der Waals surface area contributed by atoms with Gasteiger partial charge in [-0.15, -0.1) is 0 Å². The molecule has 0 saturated carbocycles. The van der Waals surface area contributed by atoms with E-state index in [-0.39, 0.29) is 31.3 Å². The summed E-state index contributed by atoms with van der Waals surface area (Å²) in [6, 6.07) is 13.8. The Morgan fingerprint density at radius 1 is 1.03 bits per heavy atom. The smallest absolute Gasteiger partial charge is 0.242 e. The molecule has 0 aliphatic carbocycles. The Balaban J connectivity index is 2.12. The van der Waals surface area contributed by atoms with Crippen molar-refractivity contribution in [1.29, 1.82) is 0 Å². The van der Waals surface area contributed by atoms with Crippen LogP contribution in [-0.2, 0) is 26.2 Å². The Morgan fingerprint density at radius 3 is 2.24 bits per heavy atom. The van der Waals surface area contributed by atoms with Crippen LogP contribution in [0.1, 0.15) is 52.0 Å². The quantitative estimate of drug-likeness (QED) is 0.300. The van der Waals surface area contributed by atoms with Crippen LogP contribution in [0.4, 0.5) is 5.69 Å². The van der Waals surface area contributed by atoms with Gasteiger partial charge >= 0.3 is 0 Å². The van der Waals surface area contributed by atoms with Gasteiger partial charge in [-0.1, -0.05) is 41.4 Å². The summed E-state index contributed by atoms with van der Waals surface area (Å²) in [5.74, 6) is 0.247. The molecule has 1 N–H and O–H groups in total. The third kappa shape index (κ3) is 10.0. The Hall–Kier alpha value is -2.59. The number of carbonyl (C=O) groups is 2. The van der Waals surface area contributed by atoms with E-state index in [1.807, 2.05) is 38.1 Å². The van der Waals surface area contributed by atoms with Gasteiger partial charge in [-0.25, -0.2) is 8.42 Å². The van der Waals surface area contributed by atoms with Crippen molar-refractivity contribution < 1.29 is 22.7 Å². The van der Waals surface area contributed by atoms with E-state index >= 15 is 0 Å². The van der Waals surface area contributed by atoms with Crippen molar-refractivity contribution in [1.82, 2.24) is 10.2 Å². The molecular formula is C27H38BrN3O5S. The minimum Gasteiger partial charge on any atom is -0.494 e. The Bertz CT molecular complexity index is 1110. The first kappa shape index (κ1) is 30.6. The third-order valence-electron chi connectivity index (χ3n) is 5.85. The standard InChI is InChI=1S/C27H38BrN3O5S/c1-5-7-18-29-27(33)21(3)30(20-22-10-12-23(28)13-11-22)26(32)9-8-19-31(37(4,34)35)24-14-16-25(17-15-24)36-6-2/h10-17,21H,5-9,18-20H2,1-4H3,(H,29,33). The van der Waals surface area contributed by atoms with E-state index in [9.17, 15) is 18.0 Å². The fourth-order valence-electron chi connectivity index (χ4n) is 3.78. The molecule has 0 spiro atoms. The number of ether oxygens (including phenoxy) is 1. The van der Waals surface area contributed by atoms with Gasteiger partial charge in [0.15, 0.2) is 0 Å². The van der Waals surface area contributed by atoms with E-state index in [1.165, 1.54) is 4.31 Å². The number of rotatable bonds is 15. The zero-order valence-corrected chi connectivity index (χ0v) is 24.5. The number of sulfonamides is 1. The zero-order chi connectivity index (χ0) is 27.4. The molecule has 2 aromatic rings. The number of hydrogen-bond donors (Lipinski definition) is 1. The first-order valence-electron chi connectivity index (χ1n) is 12.6. The molecule has 0 saturated heterocycles. The maximum atomic E-state index is 13.3. The van der Waals surface area contributed by atoms with Crippen molar-refractivity contribution in [3.05, 3.63) is 58.6 Å². The number of benzene rings is 2. The maximum Gasteiger partial charge on any atom is 0.242 e. The van der Waals surface area contributed by atoms with E-state index in [0.717, 1.165) is 29.1 Å².